The molecule has 0 aliphatic carbocycles. The summed E-state index contributed by atoms with van der Waals surface area (Å²) in [4.78, 5) is 14.7. The van der Waals surface area contributed by atoms with E-state index in [-0.39, 0.29) is 26.6 Å². The maximum Gasteiger partial charge on any atom is 0.337 e. The number of benzene rings is 1. The SMILES string of the molecule is O=C(O)c1cc(Nc2cc(F)c(Br)cc2F)ncc1Cl. The topological polar surface area (TPSA) is 62.2 Å². The van der Waals surface area contributed by atoms with Gasteiger partial charge >= 0.3 is 5.97 Å². The van der Waals surface area contributed by atoms with Crippen LogP contribution in [0.2, 0.25) is 5.02 Å². The maximum atomic E-state index is 13.6. The third kappa shape index (κ3) is 3.05. The quantitative estimate of drug-likeness (QED) is 0.802. The molecule has 0 bridgehead atoms. The Morgan fingerprint density at radius 1 is 1.30 bits per heavy atom. The van der Waals surface area contributed by atoms with Gasteiger partial charge in [-0.25, -0.2) is 18.6 Å². The zero-order valence-electron chi connectivity index (χ0n) is 9.62. The van der Waals surface area contributed by atoms with Crippen LogP contribution in [-0.4, -0.2) is 16.1 Å². The fourth-order valence-electron chi connectivity index (χ4n) is 1.43. The normalized spacial score (nSPS) is 10.4. The first-order valence-electron chi connectivity index (χ1n) is 5.19. The molecule has 4 nitrogen and oxygen atoms in total. The highest BCUT2D eigenvalue weighted by Gasteiger charge is 2.13. The van der Waals surface area contributed by atoms with Crippen molar-refractivity contribution >= 4 is 45.0 Å². The molecule has 0 fully saturated rings. The molecule has 0 atom stereocenters. The smallest absolute Gasteiger partial charge is 0.337 e. The Bertz CT molecular complexity index is 697. The van der Waals surface area contributed by atoms with Gasteiger partial charge < -0.3 is 10.4 Å². The Hall–Kier alpha value is -1.73. The van der Waals surface area contributed by atoms with E-state index in [1.165, 1.54) is 0 Å². The van der Waals surface area contributed by atoms with Gasteiger partial charge in [0, 0.05) is 12.3 Å². The van der Waals surface area contributed by atoms with E-state index in [0.29, 0.717) is 0 Å². The summed E-state index contributed by atoms with van der Waals surface area (Å²) < 4.78 is 27.0. The molecule has 104 valence electrons. The molecule has 8 heteroatoms. The molecule has 1 aromatic heterocycles. The molecule has 2 N–H and O–H groups in total. The van der Waals surface area contributed by atoms with Crippen LogP contribution < -0.4 is 5.32 Å². The second-order valence-corrected chi connectivity index (χ2v) is 4.99. The predicted molar refractivity (Wildman–Crippen MR) is 73.5 cm³/mol. The van der Waals surface area contributed by atoms with Gasteiger partial charge in [0.1, 0.15) is 17.5 Å². The molecule has 1 heterocycles. The van der Waals surface area contributed by atoms with Crippen molar-refractivity contribution in [2.75, 3.05) is 5.32 Å². The number of nitrogens with one attached hydrogen (secondary N) is 1. The van der Waals surface area contributed by atoms with Gasteiger partial charge in [0.15, 0.2) is 0 Å². The number of carboxylic acids is 1. The van der Waals surface area contributed by atoms with Crippen LogP contribution in [0.15, 0.2) is 28.9 Å². The fraction of sp³-hybridized carbons (Fsp3) is 0. The van der Waals surface area contributed by atoms with E-state index in [2.05, 4.69) is 26.2 Å². The van der Waals surface area contributed by atoms with Crippen molar-refractivity contribution in [1.29, 1.82) is 0 Å². The number of nitrogens with zero attached hydrogens (tertiary/aromatic N) is 1. The highest BCUT2D eigenvalue weighted by atomic mass is 79.9. The first-order valence-corrected chi connectivity index (χ1v) is 6.36. The number of carbonyl (C=O) groups is 1. The summed E-state index contributed by atoms with van der Waals surface area (Å²) in [7, 11) is 0. The molecule has 0 spiro atoms. The molecule has 2 rings (SSSR count). The minimum Gasteiger partial charge on any atom is -0.478 e. The van der Waals surface area contributed by atoms with Gasteiger partial charge in [0.25, 0.3) is 0 Å². The van der Waals surface area contributed by atoms with Crippen LogP contribution in [-0.2, 0) is 0 Å². The molecule has 0 unspecified atom stereocenters. The van der Waals surface area contributed by atoms with Crippen LogP contribution in [0.3, 0.4) is 0 Å². The number of hydrogen-bond acceptors (Lipinski definition) is 3. The minimum absolute atomic E-state index is 0.0177. The van der Waals surface area contributed by atoms with Gasteiger partial charge in [-0.2, -0.15) is 0 Å². The molecule has 1 aromatic carbocycles. The number of halogens is 4. The highest BCUT2D eigenvalue weighted by molar-refractivity contribution is 9.10. The lowest BCUT2D eigenvalue weighted by atomic mass is 10.2. The van der Waals surface area contributed by atoms with Crippen LogP contribution in [0.25, 0.3) is 0 Å². The van der Waals surface area contributed by atoms with E-state index in [4.69, 9.17) is 16.7 Å². The number of carboxylic acid groups (broad SMARTS) is 1. The Morgan fingerprint density at radius 3 is 2.65 bits per heavy atom. The Balaban J connectivity index is 2.38. The molecule has 0 amide bonds. The second kappa shape index (κ2) is 5.72. The molecule has 0 saturated heterocycles. The van der Waals surface area contributed by atoms with Crippen LogP contribution in [0.5, 0.6) is 0 Å². The lowest BCUT2D eigenvalue weighted by Gasteiger charge is -2.09. The van der Waals surface area contributed by atoms with Crippen LogP contribution >= 0.6 is 27.5 Å². The van der Waals surface area contributed by atoms with E-state index in [0.717, 1.165) is 24.4 Å². The van der Waals surface area contributed by atoms with Crippen molar-refractivity contribution in [2.24, 2.45) is 0 Å². The summed E-state index contributed by atoms with van der Waals surface area (Å²) in [5, 5.41) is 11.4. The number of rotatable bonds is 3. The van der Waals surface area contributed by atoms with Gasteiger partial charge in [-0.05, 0) is 28.1 Å². The third-order valence-corrected chi connectivity index (χ3v) is 3.27. The molecular weight excluding hydrogens is 357 g/mol. The predicted octanol–water partition coefficient (Wildman–Crippen LogP) is 4.22. The third-order valence-electron chi connectivity index (χ3n) is 2.36. The number of anilines is 2. The molecule has 2 aromatic rings. The maximum absolute atomic E-state index is 13.6. The first kappa shape index (κ1) is 14.7. The summed E-state index contributed by atoms with van der Waals surface area (Å²) in [6.45, 7) is 0. The Labute approximate surface area is 125 Å². The molecular formula is C12H6BrClF2N2O2. The molecule has 0 aliphatic heterocycles. The molecule has 0 saturated carbocycles. The van der Waals surface area contributed by atoms with Crippen molar-refractivity contribution in [2.45, 2.75) is 0 Å². The van der Waals surface area contributed by atoms with E-state index < -0.39 is 17.6 Å². The zero-order valence-corrected chi connectivity index (χ0v) is 12.0. The summed E-state index contributed by atoms with van der Waals surface area (Å²) in [5.41, 5.74) is -0.362. The minimum atomic E-state index is -1.25. The first-order chi connectivity index (χ1) is 9.38. The standard InChI is InChI=1S/C12H6BrClF2N2O2/c13-6-2-9(16)10(3-8(6)15)18-11-1-5(12(19)20)7(14)4-17-11/h1-4H,(H,17,18)(H,19,20). The van der Waals surface area contributed by atoms with Crippen LogP contribution in [0.4, 0.5) is 20.3 Å². The summed E-state index contributed by atoms with van der Waals surface area (Å²) in [6, 6.07) is 3.01. The molecule has 0 aliphatic rings. The van der Waals surface area contributed by atoms with Gasteiger partial charge in [0.05, 0.1) is 20.7 Å². The van der Waals surface area contributed by atoms with Crippen molar-refractivity contribution in [1.82, 2.24) is 4.98 Å². The van der Waals surface area contributed by atoms with Gasteiger partial charge in [-0.3, -0.25) is 0 Å². The van der Waals surface area contributed by atoms with Crippen molar-refractivity contribution in [3.63, 3.8) is 0 Å². The highest BCUT2D eigenvalue weighted by Crippen LogP contribution is 2.26. The van der Waals surface area contributed by atoms with E-state index in [1.807, 2.05) is 0 Å². The second-order valence-electron chi connectivity index (χ2n) is 3.73. The average molecular weight is 364 g/mol. The number of aromatic nitrogens is 1. The van der Waals surface area contributed by atoms with Gasteiger partial charge in [0.2, 0.25) is 0 Å². The molecule has 20 heavy (non-hydrogen) atoms. The zero-order chi connectivity index (χ0) is 14.9. The van der Waals surface area contributed by atoms with E-state index in [1.54, 1.807) is 0 Å². The lowest BCUT2D eigenvalue weighted by molar-refractivity contribution is 0.0697. The summed E-state index contributed by atoms with van der Waals surface area (Å²) >= 11 is 8.51. The number of pyridine rings is 1. The largest absolute Gasteiger partial charge is 0.478 e. The lowest BCUT2D eigenvalue weighted by Crippen LogP contribution is -2.02. The Kier molecular flexibility index (Phi) is 4.20. The van der Waals surface area contributed by atoms with Crippen molar-refractivity contribution < 1.29 is 18.7 Å². The van der Waals surface area contributed by atoms with Crippen molar-refractivity contribution in [3.05, 3.63) is 51.1 Å². The van der Waals surface area contributed by atoms with Gasteiger partial charge in [-0.1, -0.05) is 11.6 Å². The molecule has 0 radical (unpaired) electrons. The fourth-order valence-corrected chi connectivity index (χ4v) is 1.93. The summed E-state index contributed by atoms with van der Waals surface area (Å²) in [5.74, 6) is -2.59. The monoisotopic (exact) mass is 362 g/mol. The summed E-state index contributed by atoms with van der Waals surface area (Å²) in [6.07, 6.45) is 1.11. The number of aromatic carboxylic acids is 1. The van der Waals surface area contributed by atoms with Crippen LogP contribution in [0, 0.1) is 11.6 Å². The van der Waals surface area contributed by atoms with Crippen LogP contribution in [0.1, 0.15) is 10.4 Å². The van der Waals surface area contributed by atoms with E-state index >= 15 is 0 Å². The van der Waals surface area contributed by atoms with Crippen molar-refractivity contribution in [3.8, 4) is 0 Å². The van der Waals surface area contributed by atoms with E-state index in [9.17, 15) is 13.6 Å². The Morgan fingerprint density at radius 2 is 2.00 bits per heavy atom. The van der Waals surface area contributed by atoms with Gasteiger partial charge in [-0.15, -0.1) is 0 Å². The average Bonchev–Trinajstić information content (AvgIpc) is 2.37. The number of hydrogen-bond donors (Lipinski definition) is 2.